The lowest BCUT2D eigenvalue weighted by atomic mass is 10.1. The quantitative estimate of drug-likeness (QED) is 0.633. The molecule has 20 heavy (non-hydrogen) atoms. The molecule has 1 fully saturated rings. The van der Waals surface area contributed by atoms with Gasteiger partial charge < -0.3 is 15.2 Å². The first kappa shape index (κ1) is 14.1. The molecule has 2 atom stereocenters. The minimum atomic E-state index is -0.811. The third kappa shape index (κ3) is 2.98. The lowest BCUT2D eigenvalue weighted by Crippen LogP contribution is -2.18. The maximum absolute atomic E-state index is 11.0. The molecule has 0 saturated heterocycles. The fraction of sp³-hybridized carbons (Fsp3) is 0.462. The predicted octanol–water partition coefficient (Wildman–Crippen LogP) is 2.27. The Hall–Kier alpha value is -2.31. The van der Waals surface area contributed by atoms with Crippen molar-refractivity contribution >= 4 is 17.3 Å². The number of hydrogen-bond acceptors (Lipinski definition) is 5. The third-order valence-electron chi connectivity index (χ3n) is 3.54. The Morgan fingerprint density at radius 3 is 2.80 bits per heavy atom. The van der Waals surface area contributed by atoms with Crippen molar-refractivity contribution in [1.82, 2.24) is 0 Å². The summed E-state index contributed by atoms with van der Waals surface area (Å²) >= 11 is 0. The number of nitro groups is 1. The van der Waals surface area contributed by atoms with Gasteiger partial charge in [0.25, 0.3) is 5.69 Å². The molecule has 1 aromatic carbocycles. The molecule has 108 valence electrons. The first-order chi connectivity index (χ1) is 9.51. The average molecular weight is 280 g/mol. The first-order valence-corrected chi connectivity index (χ1v) is 6.33. The Labute approximate surface area is 115 Å². The summed E-state index contributed by atoms with van der Waals surface area (Å²) in [5, 5.41) is 23.0. The molecule has 2 rings (SSSR count). The van der Waals surface area contributed by atoms with E-state index in [1.165, 1.54) is 19.2 Å². The maximum Gasteiger partial charge on any atom is 0.306 e. The summed E-state index contributed by atoms with van der Waals surface area (Å²) in [6, 6.07) is 4.40. The van der Waals surface area contributed by atoms with E-state index in [1.807, 2.05) is 0 Å². The van der Waals surface area contributed by atoms with Crippen LogP contribution in [0.4, 0.5) is 11.4 Å². The standard InChI is InChI=1S/C13H16N2O5/c1-20-10-4-5-12(15(18)19)11(7-10)14-9-3-2-8(6-9)13(16)17/h4-5,7-9,14H,2-3,6H2,1H3,(H,16,17)/t8-,9+/m1/s1. The third-order valence-corrected chi connectivity index (χ3v) is 3.54. The number of ether oxygens (including phenoxy) is 1. The van der Waals surface area contributed by atoms with Crippen molar-refractivity contribution in [1.29, 1.82) is 0 Å². The zero-order chi connectivity index (χ0) is 14.7. The number of rotatable bonds is 5. The smallest absolute Gasteiger partial charge is 0.306 e. The Morgan fingerprint density at radius 2 is 2.25 bits per heavy atom. The van der Waals surface area contributed by atoms with Crippen LogP contribution in [0.15, 0.2) is 18.2 Å². The molecule has 0 amide bonds. The maximum atomic E-state index is 11.0. The molecule has 0 unspecified atom stereocenters. The summed E-state index contributed by atoms with van der Waals surface area (Å²) in [5.74, 6) is -0.669. The van der Waals surface area contributed by atoms with Crippen molar-refractivity contribution in [2.75, 3.05) is 12.4 Å². The number of nitro benzene ring substituents is 1. The van der Waals surface area contributed by atoms with Crippen LogP contribution in [0, 0.1) is 16.0 Å². The molecule has 0 radical (unpaired) electrons. The molecule has 1 aliphatic rings. The Balaban J connectivity index is 2.16. The van der Waals surface area contributed by atoms with E-state index >= 15 is 0 Å². The summed E-state index contributed by atoms with van der Waals surface area (Å²) in [7, 11) is 1.49. The van der Waals surface area contributed by atoms with Crippen molar-refractivity contribution in [3.05, 3.63) is 28.3 Å². The summed E-state index contributed by atoms with van der Waals surface area (Å²) in [6.45, 7) is 0. The molecule has 2 N–H and O–H groups in total. The number of methoxy groups -OCH3 is 1. The summed E-state index contributed by atoms with van der Waals surface area (Å²) < 4.78 is 5.06. The van der Waals surface area contributed by atoms with Crippen LogP contribution in [0.2, 0.25) is 0 Å². The van der Waals surface area contributed by atoms with Crippen molar-refractivity contribution in [2.45, 2.75) is 25.3 Å². The highest BCUT2D eigenvalue weighted by Gasteiger charge is 2.30. The van der Waals surface area contributed by atoms with Gasteiger partial charge in [-0.2, -0.15) is 0 Å². The van der Waals surface area contributed by atoms with E-state index in [1.54, 1.807) is 6.07 Å². The average Bonchev–Trinajstić information content (AvgIpc) is 2.87. The highest BCUT2D eigenvalue weighted by atomic mass is 16.6. The van der Waals surface area contributed by atoms with Crippen LogP contribution in [0.3, 0.4) is 0 Å². The Morgan fingerprint density at radius 1 is 1.50 bits per heavy atom. The summed E-state index contributed by atoms with van der Waals surface area (Å²) in [5.41, 5.74) is 0.329. The van der Waals surface area contributed by atoms with Crippen LogP contribution < -0.4 is 10.1 Å². The number of benzene rings is 1. The van der Waals surface area contributed by atoms with E-state index < -0.39 is 10.9 Å². The molecule has 0 aromatic heterocycles. The van der Waals surface area contributed by atoms with Crippen LogP contribution in [-0.2, 0) is 4.79 Å². The minimum Gasteiger partial charge on any atom is -0.497 e. The van der Waals surface area contributed by atoms with Gasteiger partial charge in [0, 0.05) is 18.2 Å². The highest BCUT2D eigenvalue weighted by molar-refractivity contribution is 5.71. The van der Waals surface area contributed by atoms with Gasteiger partial charge in [-0.05, 0) is 25.3 Å². The fourth-order valence-electron chi connectivity index (χ4n) is 2.47. The van der Waals surface area contributed by atoms with Crippen LogP contribution in [-0.4, -0.2) is 29.2 Å². The molecule has 7 nitrogen and oxygen atoms in total. The largest absolute Gasteiger partial charge is 0.497 e. The van der Waals surface area contributed by atoms with Crippen molar-refractivity contribution in [3.8, 4) is 5.75 Å². The molecule has 1 saturated carbocycles. The van der Waals surface area contributed by atoms with Crippen LogP contribution in [0.1, 0.15) is 19.3 Å². The zero-order valence-electron chi connectivity index (χ0n) is 11.0. The molecular weight excluding hydrogens is 264 g/mol. The van der Waals surface area contributed by atoms with Gasteiger partial charge in [-0.1, -0.05) is 0 Å². The van der Waals surface area contributed by atoms with E-state index in [9.17, 15) is 14.9 Å². The first-order valence-electron chi connectivity index (χ1n) is 6.33. The normalized spacial score (nSPS) is 21.4. The monoisotopic (exact) mass is 280 g/mol. The van der Waals surface area contributed by atoms with Gasteiger partial charge in [-0.3, -0.25) is 14.9 Å². The van der Waals surface area contributed by atoms with Gasteiger partial charge in [-0.15, -0.1) is 0 Å². The van der Waals surface area contributed by atoms with Gasteiger partial charge in [0.15, 0.2) is 0 Å². The molecule has 0 heterocycles. The van der Waals surface area contributed by atoms with Gasteiger partial charge in [0.05, 0.1) is 18.0 Å². The van der Waals surface area contributed by atoms with Gasteiger partial charge in [-0.25, -0.2) is 0 Å². The minimum absolute atomic E-state index is 0.0374. The molecule has 0 bridgehead atoms. The number of anilines is 1. The van der Waals surface area contributed by atoms with Gasteiger partial charge in [0.1, 0.15) is 11.4 Å². The second-order valence-electron chi connectivity index (χ2n) is 4.83. The highest BCUT2D eigenvalue weighted by Crippen LogP contribution is 2.33. The van der Waals surface area contributed by atoms with Crippen LogP contribution >= 0.6 is 0 Å². The second-order valence-corrected chi connectivity index (χ2v) is 4.83. The molecular formula is C13H16N2O5. The van der Waals surface area contributed by atoms with E-state index in [-0.39, 0.29) is 17.6 Å². The number of carbonyl (C=O) groups is 1. The van der Waals surface area contributed by atoms with Gasteiger partial charge >= 0.3 is 5.97 Å². The molecule has 1 aliphatic carbocycles. The summed E-state index contributed by atoms with van der Waals surface area (Å²) in [4.78, 5) is 21.5. The number of hydrogen-bond donors (Lipinski definition) is 2. The number of carboxylic acids is 1. The van der Waals surface area contributed by atoms with Crippen molar-refractivity contribution in [3.63, 3.8) is 0 Å². The Bertz CT molecular complexity index is 531. The van der Waals surface area contributed by atoms with Crippen LogP contribution in [0.25, 0.3) is 0 Å². The van der Waals surface area contributed by atoms with E-state index in [0.717, 1.165) is 0 Å². The summed E-state index contributed by atoms with van der Waals surface area (Å²) in [6.07, 6.45) is 1.75. The van der Waals surface area contributed by atoms with E-state index in [4.69, 9.17) is 9.84 Å². The van der Waals surface area contributed by atoms with Crippen molar-refractivity contribution in [2.24, 2.45) is 5.92 Å². The molecule has 0 aliphatic heterocycles. The fourth-order valence-corrected chi connectivity index (χ4v) is 2.47. The van der Waals surface area contributed by atoms with Crippen LogP contribution in [0.5, 0.6) is 5.75 Å². The number of aliphatic carboxylic acids is 1. The topological polar surface area (TPSA) is 102 Å². The Kier molecular flexibility index (Phi) is 4.07. The molecule has 1 aromatic rings. The van der Waals surface area contributed by atoms with Gasteiger partial charge in [0.2, 0.25) is 0 Å². The number of carboxylic acid groups (broad SMARTS) is 1. The molecule has 0 spiro atoms. The lowest BCUT2D eigenvalue weighted by Gasteiger charge is -2.14. The predicted molar refractivity (Wildman–Crippen MR) is 72.0 cm³/mol. The lowest BCUT2D eigenvalue weighted by molar-refractivity contribution is -0.384. The number of nitrogens with one attached hydrogen (secondary N) is 1. The second kappa shape index (κ2) is 5.77. The van der Waals surface area contributed by atoms with E-state index in [0.29, 0.717) is 30.7 Å². The SMILES string of the molecule is COc1ccc([N+](=O)[O-])c(N[C@H]2CC[C@@H](C(=O)O)C2)c1. The van der Waals surface area contributed by atoms with E-state index in [2.05, 4.69) is 5.32 Å². The zero-order valence-corrected chi connectivity index (χ0v) is 11.0. The molecule has 7 heteroatoms. The number of nitrogens with zero attached hydrogens (tertiary/aromatic N) is 1. The van der Waals surface area contributed by atoms with Crippen molar-refractivity contribution < 1.29 is 19.6 Å².